The third-order valence-electron chi connectivity index (χ3n) is 9.85. The maximum Gasteiger partial charge on any atom is 0.409 e. The number of amides is 3. The molecule has 1 unspecified atom stereocenters. The van der Waals surface area contributed by atoms with Crippen molar-refractivity contribution in [3.05, 3.63) is 46.5 Å². The number of thiol groups is 1. The van der Waals surface area contributed by atoms with Crippen molar-refractivity contribution in [2.24, 2.45) is 5.92 Å². The number of likely N-dealkylation sites (N-methyl/N-ethyl adjacent to an activating group) is 1. The molecule has 3 aliphatic rings. The van der Waals surface area contributed by atoms with Gasteiger partial charge in [-0.1, -0.05) is 42.3 Å². The molecule has 2 saturated heterocycles. The fourth-order valence-electron chi connectivity index (χ4n) is 6.49. The Morgan fingerprint density at radius 1 is 1.28 bits per heavy atom. The van der Waals surface area contributed by atoms with E-state index in [4.69, 9.17) is 35.3 Å². The molecular weight excluding hydrogens is 690 g/mol. The standard InChI is InChI=1S/C35H48ClN3O10S/c1-19-10-9-11-26(46-8)35(44)18-25(47-33(43)37-35)20(2)31-34(4,49-31)27(48-32(42)21(3)38(5)28(40)12-13-50)17-29(41)39(6)23-15-22(14-19)16-24(45-7)30(23)36/h9-11,15-16,20-21,25-27,31,44,50H,12-14,17-18H2,1-8H3,(H,37,43)/t20-,21+,25+,26-,27+,31?,34+,35+/m1/s1. The van der Waals surface area contributed by atoms with Gasteiger partial charge >= 0.3 is 12.1 Å². The number of rotatable bonds is 7. The number of anilines is 1. The maximum atomic E-state index is 14.0. The molecule has 50 heavy (non-hydrogen) atoms. The number of carbonyl (C=O) groups excluding carboxylic acids is 4. The molecule has 276 valence electrons. The number of aliphatic hydroxyl groups is 1. The lowest BCUT2D eigenvalue weighted by Crippen LogP contribution is -2.63. The van der Waals surface area contributed by atoms with Crippen LogP contribution >= 0.6 is 24.2 Å². The SMILES string of the molecule is COc1cc2cc(c1Cl)N(C)C(=O)C[C@H](OC(=O)[C@H](C)N(C)C(=O)CCS)[C@]1(C)OC1[C@H](C)[C@@H]1C[C@@](O)(NC(=O)O1)[C@H](OC)C=CC=C(C)C2. The number of allylic oxidation sites excluding steroid dienone is 3. The second kappa shape index (κ2) is 15.9. The molecule has 4 rings (SSSR count). The molecule has 2 N–H and O–H groups in total. The summed E-state index contributed by atoms with van der Waals surface area (Å²) in [6.07, 6.45) is 1.08. The summed E-state index contributed by atoms with van der Waals surface area (Å²) >= 11 is 10.8. The number of halogens is 1. The van der Waals surface area contributed by atoms with Crippen LogP contribution in [-0.2, 0) is 39.8 Å². The number of carbonyl (C=O) groups is 4. The van der Waals surface area contributed by atoms with Gasteiger partial charge in [0.1, 0.15) is 40.7 Å². The zero-order valence-corrected chi connectivity index (χ0v) is 31.4. The van der Waals surface area contributed by atoms with Crippen molar-refractivity contribution in [1.82, 2.24) is 10.2 Å². The van der Waals surface area contributed by atoms with Crippen molar-refractivity contribution in [3.8, 4) is 5.75 Å². The summed E-state index contributed by atoms with van der Waals surface area (Å²) in [7, 11) is 5.98. The minimum atomic E-state index is -1.82. The average molecular weight is 738 g/mol. The molecule has 1 aromatic rings. The predicted molar refractivity (Wildman–Crippen MR) is 189 cm³/mol. The number of nitrogens with zero attached hydrogens (tertiary/aromatic N) is 2. The molecule has 0 aliphatic carbocycles. The smallest absolute Gasteiger partial charge is 0.409 e. The number of epoxide rings is 1. The van der Waals surface area contributed by atoms with Crippen LogP contribution in [0.4, 0.5) is 10.5 Å². The van der Waals surface area contributed by atoms with Crippen LogP contribution < -0.4 is 15.0 Å². The summed E-state index contributed by atoms with van der Waals surface area (Å²) in [5.41, 5.74) is -0.903. The number of alkyl carbamates (subject to hydrolysis) is 1. The zero-order chi connectivity index (χ0) is 37.1. The Balaban J connectivity index is 1.78. The summed E-state index contributed by atoms with van der Waals surface area (Å²) in [5.74, 6) is -1.30. The number of methoxy groups -OCH3 is 2. The molecule has 15 heteroatoms. The molecule has 0 radical (unpaired) electrons. The van der Waals surface area contributed by atoms with Crippen LogP contribution in [-0.4, -0.2) is 110 Å². The van der Waals surface area contributed by atoms with Gasteiger partial charge in [-0.05, 0) is 50.6 Å². The molecule has 4 bridgehead atoms. The monoisotopic (exact) mass is 737 g/mol. The van der Waals surface area contributed by atoms with E-state index in [0.29, 0.717) is 23.6 Å². The minimum Gasteiger partial charge on any atom is -0.495 e. The Morgan fingerprint density at radius 3 is 2.62 bits per heavy atom. The average Bonchev–Trinajstić information content (AvgIpc) is 3.76. The Hall–Kier alpha value is -3.30. The van der Waals surface area contributed by atoms with Crippen LogP contribution in [0, 0.1) is 5.92 Å². The molecule has 1 aromatic carbocycles. The molecule has 3 aliphatic heterocycles. The van der Waals surface area contributed by atoms with Crippen LogP contribution in [0.3, 0.4) is 0 Å². The van der Waals surface area contributed by atoms with Crippen LogP contribution in [0.25, 0.3) is 0 Å². The molecule has 0 aromatic heterocycles. The van der Waals surface area contributed by atoms with Gasteiger partial charge in [-0.25, -0.2) is 9.59 Å². The van der Waals surface area contributed by atoms with Gasteiger partial charge in [0.25, 0.3) is 0 Å². The summed E-state index contributed by atoms with van der Waals surface area (Å²) < 4.78 is 29.0. The lowest BCUT2D eigenvalue weighted by molar-refractivity contribution is -0.161. The predicted octanol–water partition coefficient (Wildman–Crippen LogP) is 3.83. The second-order valence-corrected chi connectivity index (χ2v) is 14.2. The largest absolute Gasteiger partial charge is 0.495 e. The Kier molecular flexibility index (Phi) is 12.6. The number of fused-ring (bicyclic) bond motifs is 5. The van der Waals surface area contributed by atoms with Crippen molar-refractivity contribution >= 4 is 53.8 Å². The normalized spacial score (nSPS) is 30.7. The number of benzene rings is 1. The number of hydrogen-bond donors (Lipinski definition) is 3. The Bertz CT molecular complexity index is 1540. The van der Waals surface area contributed by atoms with E-state index in [1.807, 2.05) is 13.0 Å². The number of ether oxygens (including phenoxy) is 5. The molecule has 3 amide bonds. The first-order valence-corrected chi connectivity index (χ1v) is 17.5. The summed E-state index contributed by atoms with van der Waals surface area (Å²) in [4.78, 5) is 55.6. The fraction of sp³-hybridized carbons (Fsp3) is 0.600. The van der Waals surface area contributed by atoms with E-state index in [9.17, 15) is 24.3 Å². The van der Waals surface area contributed by atoms with E-state index in [1.165, 1.54) is 38.0 Å². The van der Waals surface area contributed by atoms with Gasteiger partial charge in [0.05, 0.1) is 25.3 Å². The van der Waals surface area contributed by atoms with Gasteiger partial charge in [0.15, 0.2) is 5.72 Å². The topological polar surface area (TPSA) is 156 Å². The third kappa shape index (κ3) is 8.42. The molecule has 3 heterocycles. The lowest BCUT2D eigenvalue weighted by atomic mass is 9.83. The quantitative estimate of drug-likeness (QED) is 0.214. The number of esters is 1. The molecule has 0 spiro atoms. The van der Waals surface area contributed by atoms with Gasteiger partial charge in [-0.2, -0.15) is 12.6 Å². The van der Waals surface area contributed by atoms with Crippen molar-refractivity contribution in [2.75, 3.05) is 39.0 Å². The van der Waals surface area contributed by atoms with E-state index < -0.39 is 65.7 Å². The van der Waals surface area contributed by atoms with Crippen molar-refractivity contribution < 1.29 is 48.0 Å². The summed E-state index contributed by atoms with van der Waals surface area (Å²) in [6.45, 7) is 6.96. The van der Waals surface area contributed by atoms with Crippen molar-refractivity contribution in [3.63, 3.8) is 0 Å². The first kappa shape index (κ1) is 39.5. The zero-order valence-electron chi connectivity index (χ0n) is 29.7. The molecular formula is C35H48ClN3O10S. The highest BCUT2D eigenvalue weighted by molar-refractivity contribution is 7.80. The highest BCUT2D eigenvalue weighted by Gasteiger charge is 2.64. The third-order valence-corrected chi connectivity index (χ3v) is 10.5. The molecule has 0 saturated carbocycles. The van der Waals surface area contributed by atoms with Crippen molar-refractivity contribution in [1.29, 1.82) is 0 Å². The maximum absolute atomic E-state index is 14.0. The van der Waals surface area contributed by atoms with E-state index >= 15 is 0 Å². The van der Waals surface area contributed by atoms with E-state index in [0.717, 1.165) is 11.1 Å². The number of nitrogens with one attached hydrogen (secondary N) is 1. The summed E-state index contributed by atoms with van der Waals surface area (Å²) in [6, 6.07) is 2.60. The van der Waals surface area contributed by atoms with Crippen molar-refractivity contribution in [2.45, 2.75) is 95.2 Å². The van der Waals surface area contributed by atoms with E-state index in [-0.39, 0.29) is 30.2 Å². The first-order chi connectivity index (χ1) is 23.5. The van der Waals surface area contributed by atoms with E-state index in [1.54, 1.807) is 45.2 Å². The number of hydrogen-bond acceptors (Lipinski definition) is 11. The van der Waals surface area contributed by atoms with Gasteiger partial charge in [0.2, 0.25) is 11.8 Å². The van der Waals surface area contributed by atoms with Crippen LogP contribution in [0.15, 0.2) is 35.9 Å². The van der Waals surface area contributed by atoms with Crippen LogP contribution in [0.2, 0.25) is 5.02 Å². The Morgan fingerprint density at radius 2 is 1.98 bits per heavy atom. The molecule has 13 nitrogen and oxygen atoms in total. The second-order valence-electron chi connectivity index (χ2n) is 13.4. The van der Waals surface area contributed by atoms with Crippen LogP contribution in [0.1, 0.15) is 52.5 Å². The summed E-state index contributed by atoms with van der Waals surface area (Å²) in [5, 5.41) is 14.4. The van der Waals surface area contributed by atoms with Gasteiger partial charge in [-0.3, -0.25) is 14.9 Å². The van der Waals surface area contributed by atoms with Crippen LogP contribution in [0.5, 0.6) is 5.75 Å². The molecule has 2 fully saturated rings. The minimum absolute atomic E-state index is 0.0489. The highest BCUT2D eigenvalue weighted by atomic mass is 35.5. The van der Waals surface area contributed by atoms with Gasteiger partial charge in [-0.15, -0.1) is 0 Å². The van der Waals surface area contributed by atoms with Gasteiger partial charge in [0, 0.05) is 40.0 Å². The first-order valence-electron chi connectivity index (χ1n) is 16.4. The van der Waals surface area contributed by atoms with E-state index in [2.05, 4.69) is 17.9 Å². The highest BCUT2D eigenvalue weighted by Crippen LogP contribution is 2.49. The van der Waals surface area contributed by atoms with Gasteiger partial charge < -0.3 is 38.6 Å². The fourth-order valence-corrected chi connectivity index (χ4v) is 6.99. The Labute approximate surface area is 303 Å². The lowest BCUT2D eigenvalue weighted by Gasteiger charge is -2.42. The molecule has 8 atom stereocenters.